The van der Waals surface area contributed by atoms with Crippen molar-refractivity contribution < 1.29 is 9.66 Å². The number of hydrogen-bond donors (Lipinski definition) is 1. The molecule has 5 nitrogen and oxygen atoms in total. The van der Waals surface area contributed by atoms with Gasteiger partial charge in [-0.1, -0.05) is 0 Å². The Morgan fingerprint density at radius 1 is 1.56 bits per heavy atom. The molecule has 1 N–H and O–H groups in total. The van der Waals surface area contributed by atoms with Gasteiger partial charge in [0.2, 0.25) is 0 Å². The summed E-state index contributed by atoms with van der Waals surface area (Å²) >= 11 is 1.99. The van der Waals surface area contributed by atoms with Crippen LogP contribution < -0.4 is 5.32 Å². The first kappa shape index (κ1) is 13.5. The lowest BCUT2D eigenvalue weighted by Crippen LogP contribution is -2.09. The van der Waals surface area contributed by atoms with Crippen LogP contribution in [0.1, 0.15) is 12.8 Å². The molecule has 0 radical (unpaired) electrons. The van der Waals surface area contributed by atoms with E-state index in [1.165, 1.54) is 0 Å². The van der Waals surface area contributed by atoms with E-state index in [-0.39, 0.29) is 10.6 Å². The maximum Gasteiger partial charge on any atom is 0.282 e. The lowest BCUT2D eigenvalue weighted by molar-refractivity contribution is -0.385. The highest BCUT2D eigenvalue weighted by Crippen LogP contribution is 2.24. The monoisotopic (exact) mass is 362 g/mol. The smallest absolute Gasteiger partial charge is 0.282 e. The number of nitrogens with one attached hydrogen (secondary N) is 1. The summed E-state index contributed by atoms with van der Waals surface area (Å²) in [6, 6.07) is 5.11. The minimum absolute atomic E-state index is 0.158. The summed E-state index contributed by atoms with van der Waals surface area (Å²) in [4.78, 5) is 10.3. The quantitative estimate of drug-likeness (QED) is 0.497. The van der Waals surface area contributed by atoms with Crippen molar-refractivity contribution in [2.75, 3.05) is 25.1 Å². The fraction of sp³-hybridized carbons (Fsp3) is 0.500. The van der Waals surface area contributed by atoms with Gasteiger partial charge in [0, 0.05) is 31.5 Å². The van der Waals surface area contributed by atoms with E-state index in [1.807, 2.05) is 28.7 Å². The zero-order chi connectivity index (χ0) is 13.0. The zero-order valence-electron chi connectivity index (χ0n) is 9.89. The maximum atomic E-state index is 10.7. The molecule has 0 spiro atoms. The highest BCUT2D eigenvalue weighted by molar-refractivity contribution is 14.1. The van der Waals surface area contributed by atoms with Crippen molar-refractivity contribution in [1.29, 1.82) is 0 Å². The molecule has 1 saturated heterocycles. The molecule has 1 atom stereocenters. The summed E-state index contributed by atoms with van der Waals surface area (Å²) in [5, 5.41) is 14.0. The Labute approximate surface area is 119 Å². The van der Waals surface area contributed by atoms with Crippen LogP contribution in [0, 0.1) is 19.6 Å². The second kappa shape index (κ2) is 6.33. The normalized spacial score (nSPS) is 18.8. The molecule has 0 aromatic heterocycles. The van der Waals surface area contributed by atoms with Gasteiger partial charge in [0.05, 0.1) is 8.49 Å². The Bertz CT molecular complexity index is 433. The first-order valence-corrected chi connectivity index (χ1v) is 7.00. The molecule has 1 aromatic rings. The van der Waals surface area contributed by atoms with Gasteiger partial charge in [-0.05, 0) is 53.5 Å². The predicted molar refractivity (Wildman–Crippen MR) is 77.8 cm³/mol. The minimum Gasteiger partial charge on any atom is -0.385 e. The zero-order valence-corrected chi connectivity index (χ0v) is 12.1. The van der Waals surface area contributed by atoms with Crippen LogP contribution in [-0.4, -0.2) is 24.7 Å². The maximum absolute atomic E-state index is 10.7. The molecule has 18 heavy (non-hydrogen) atoms. The lowest BCUT2D eigenvalue weighted by atomic mass is 10.1. The van der Waals surface area contributed by atoms with Crippen LogP contribution in [0.5, 0.6) is 0 Å². The number of benzene rings is 1. The van der Waals surface area contributed by atoms with Crippen LogP contribution in [0.15, 0.2) is 18.2 Å². The van der Waals surface area contributed by atoms with E-state index < -0.39 is 0 Å². The van der Waals surface area contributed by atoms with Crippen molar-refractivity contribution >= 4 is 34.0 Å². The van der Waals surface area contributed by atoms with Gasteiger partial charge in [-0.15, -0.1) is 0 Å². The first-order valence-electron chi connectivity index (χ1n) is 5.92. The molecule has 1 unspecified atom stereocenters. The van der Waals surface area contributed by atoms with Crippen molar-refractivity contribution in [2.24, 2.45) is 5.92 Å². The third kappa shape index (κ3) is 3.55. The van der Waals surface area contributed by atoms with Crippen LogP contribution in [-0.2, 0) is 4.74 Å². The number of nitro benzene ring substituents is 1. The summed E-state index contributed by atoms with van der Waals surface area (Å²) in [7, 11) is 0. The molecule has 1 aliphatic rings. The number of halogens is 1. The second-order valence-electron chi connectivity index (χ2n) is 4.37. The summed E-state index contributed by atoms with van der Waals surface area (Å²) < 4.78 is 5.98. The molecule has 0 saturated carbocycles. The highest BCUT2D eigenvalue weighted by Gasteiger charge is 2.15. The Morgan fingerprint density at radius 3 is 3.00 bits per heavy atom. The van der Waals surface area contributed by atoms with E-state index in [2.05, 4.69) is 5.32 Å². The fourth-order valence-corrected chi connectivity index (χ4v) is 2.71. The van der Waals surface area contributed by atoms with Gasteiger partial charge < -0.3 is 10.1 Å². The molecule has 1 fully saturated rings. The van der Waals surface area contributed by atoms with Crippen molar-refractivity contribution in [2.45, 2.75) is 12.8 Å². The fourth-order valence-electron chi connectivity index (χ4n) is 2.00. The van der Waals surface area contributed by atoms with Crippen LogP contribution in [0.25, 0.3) is 0 Å². The second-order valence-corrected chi connectivity index (χ2v) is 5.53. The van der Waals surface area contributed by atoms with Crippen LogP contribution >= 0.6 is 22.6 Å². The van der Waals surface area contributed by atoms with Crippen molar-refractivity contribution in [3.8, 4) is 0 Å². The number of anilines is 1. The number of hydrogen-bond acceptors (Lipinski definition) is 4. The molecule has 1 aliphatic heterocycles. The highest BCUT2D eigenvalue weighted by atomic mass is 127. The molecule has 6 heteroatoms. The van der Waals surface area contributed by atoms with Gasteiger partial charge in [-0.3, -0.25) is 10.1 Å². The average molecular weight is 362 g/mol. The Kier molecular flexibility index (Phi) is 4.76. The van der Waals surface area contributed by atoms with Gasteiger partial charge in [0.25, 0.3) is 5.69 Å². The average Bonchev–Trinajstić information content (AvgIpc) is 2.81. The van der Waals surface area contributed by atoms with E-state index in [4.69, 9.17) is 4.74 Å². The topological polar surface area (TPSA) is 64.4 Å². The molecule has 0 bridgehead atoms. The summed E-state index contributed by atoms with van der Waals surface area (Å²) in [5.74, 6) is 0.648. The largest absolute Gasteiger partial charge is 0.385 e. The first-order chi connectivity index (χ1) is 8.66. The number of ether oxygens (including phenoxy) is 1. The molecule has 0 aliphatic carbocycles. The van der Waals surface area contributed by atoms with E-state index in [0.717, 1.165) is 38.3 Å². The standard InChI is InChI=1S/C12H15IN2O3/c13-11-7-10(1-2-12(11)15(16)17)14-5-3-9-4-6-18-8-9/h1-2,7,9,14H,3-6,8H2. The Balaban J connectivity index is 1.85. The van der Waals surface area contributed by atoms with Gasteiger partial charge in [-0.25, -0.2) is 0 Å². The molecule has 1 aromatic carbocycles. The summed E-state index contributed by atoms with van der Waals surface area (Å²) in [6.45, 7) is 2.61. The molecule has 2 rings (SSSR count). The minimum atomic E-state index is -0.360. The van der Waals surface area contributed by atoms with Gasteiger partial charge in [0.15, 0.2) is 0 Å². The summed E-state index contributed by atoms with van der Waals surface area (Å²) in [5.41, 5.74) is 1.09. The molecule has 98 valence electrons. The number of nitrogens with zero attached hydrogens (tertiary/aromatic N) is 1. The number of nitro groups is 1. The Hall–Kier alpha value is -0.890. The van der Waals surface area contributed by atoms with E-state index in [1.54, 1.807) is 12.1 Å². The van der Waals surface area contributed by atoms with Crippen LogP contribution in [0.4, 0.5) is 11.4 Å². The molecule has 0 amide bonds. The number of rotatable bonds is 5. The van der Waals surface area contributed by atoms with E-state index in [9.17, 15) is 10.1 Å². The molecular weight excluding hydrogens is 347 g/mol. The third-order valence-corrected chi connectivity index (χ3v) is 3.91. The van der Waals surface area contributed by atoms with Crippen LogP contribution in [0.2, 0.25) is 0 Å². The van der Waals surface area contributed by atoms with Crippen molar-refractivity contribution in [3.63, 3.8) is 0 Å². The molecule has 1 heterocycles. The van der Waals surface area contributed by atoms with Crippen LogP contribution in [0.3, 0.4) is 0 Å². The van der Waals surface area contributed by atoms with Crippen molar-refractivity contribution in [3.05, 3.63) is 31.9 Å². The van der Waals surface area contributed by atoms with E-state index >= 15 is 0 Å². The SMILES string of the molecule is O=[N+]([O-])c1ccc(NCCC2CCOC2)cc1I. The van der Waals surface area contributed by atoms with E-state index in [0.29, 0.717) is 9.49 Å². The lowest BCUT2D eigenvalue weighted by Gasteiger charge is -2.10. The Morgan fingerprint density at radius 2 is 2.39 bits per heavy atom. The van der Waals surface area contributed by atoms with Gasteiger partial charge >= 0.3 is 0 Å². The van der Waals surface area contributed by atoms with Gasteiger partial charge in [0.1, 0.15) is 0 Å². The third-order valence-electron chi connectivity index (χ3n) is 3.05. The van der Waals surface area contributed by atoms with Crippen molar-refractivity contribution in [1.82, 2.24) is 0 Å². The predicted octanol–water partition coefficient (Wildman–Crippen LogP) is 3.04. The summed E-state index contributed by atoms with van der Waals surface area (Å²) in [6.07, 6.45) is 2.22. The van der Waals surface area contributed by atoms with Gasteiger partial charge in [-0.2, -0.15) is 0 Å². The molecular formula is C12H15IN2O3.